The van der Waals surface area contributed by atoms with Gasteiger partial charge < -0.3 is 14.2 Å². The van der Waals surface area contributed by atoms with Crippen LogP contribution in [0.1, 0.15) is 41.3 Å². The number of amides is 1. The molecule has 0 saturated carbocycles. The largest absolute Gasteiger partial charge is 0.380 e. The van der Waals surface area contributed by atoms with Crippen molar-refractivity contribution in [2.24, 2.45) is 5.41 Å². The van der Waals surface area contributed by atoms with Crippen molar-refractivity contribution in [2.75, 3.05) is 26.3 Å². The lowest BCUT2D eigenvalue weighted by atomic mass is 9.77. The highest BCUT2D eigenvalue weighted by Crippen LogP contribution is 2.39. The average Bonchev–Trinajstić information content (AvgIpc) is 3.13. The minimum absolute atomic E-state index is 0.0456. The molecule has 1 amide bonds. The lowest BCUT2D eigenvalue weighted by Crippen LogP contribution is -2.68. The van der Waals surface area contributed by atoms with Gasteiger partial charge in [0, 0.05) is 25.7 Å². The molecule has 1 N–H and O–H groups in total. The Bertz CT molecular complexity index is 1500. The molecule has 2 aromatic carbocycles. The van der Waals surface area contributed by atoms with Crippen molar-refractivity contribution in [3.63, 3.8) is 0 Å². The minimum atomic E-state index is -0.558. The second-order valence-corrected chi connectivity index (χ2v) is 10.9. The molecule has 4 aromatic rings. The van der Waals surface area contributed by atoms with Crippen LogP contribution in [0.25, 0.3) is 11.2 Å². The van der Waals surface area contributed by atoms with E-state index in [0.29, 0.717) is 12.1 Å². The van der Waals surface area contributed by atoms with Gasteiger partial charge in [0.1, 0.15) is 6.04 Å². The van der Waals surface area contributed by atoms with Crippen LogP contribution in [0.3, 0.4) is 0 Å². The summed E-state index contributed by atoms with van der Waals surface area (Å²) in [5.74, 6) is 0.0456. The van der Waals surface area contributed by atoms with Crippen molar-refractivity contribution in [1.82, 2.24) is 19.0 Å². The van der Waals surface area contributed by atoms with Crippen LogP contribution in [-0.2, 0) is 16.0 Å². The molecule has 1 spiro atoms. The Hall–Kier alpha value is -3.71. The number of hydrogen-bond donors (Lipinski definition) is 1. The van der Waals surface area contributed by atoms with E-state index in [2.05, 4.69) is 69.3 Å². The Balaban J connectivity index is 1.45. The number of pyridine rings is 1. The number of aryl methyl sites for hydroxylation is 2. The number of hydrogen-bond acceptors (Lipinski definition) is 4. The molecule has 6 rings (SSSR count). The molecular formula is C30H33N5O2. The molecular weight excluding hydrogens is 462 g/mol. The smallest absolute Gasteiger partial charge is 0.246 e. The summed E-state index contributed by atoms with van der Waals surface area (Å²) in [4.78, 5) is 20.7. The van der Waals surface area contributed by atoms with E-state index in [1.165, 1.54) is 11.1 Å². The minimum Gasteiger partial charge on any atom is -0.380 e. The van der Waals surface area contributed by atoms with Crippen molar-refractivity contribution in [1.29, 1.82) is 5.41 Å². The van der Waals surface area contributed by atoms with Gasteiger partial charge in [-0.05, 0) is 44.0 Å². The number of rotatable bonds is 6. The summed E-state index contributed by atoms with van der Waals surface area (Å²) in [6.07, 6.45) is 2.25. The lowest BCUT2D eigenvalue weighted by Gasteiger charge is -2.55. The van der Waals surface area contributed by atoms with E-state index in [1.54, 1.807) is 6.20 Å². The third-order valence-electron chi connectivity index (χ3n) is 7.98. The highest BCUT2D eigenvalue weighted by atomic mass is 16.5. The molecule has 1 unspecified atom stereocenters. The van der Waals surface area contributed by atoms with Gasteiger partial charge in [-0.15, -0.1) is 0 Å². The highest BCUT2D eigenvalue weighted by molar-refractivity contribution is 5.84. The number of benzene rings is 2. The van der Waals surface area contributed by atoms with Gasteiger partial charge in [0.05, 0.1) is 30.2 Å². The maximum atomic E-state index is 14.1. The van der Waals surface area contributed by atoms with Crippen molar-refractivity contribution < 1.29 is 9.53 Å². The van der Waals surface area contributed by atoms with Gasteiger partial charge in [0.15, 0.2) is 5.65 Å². The zero-order chi connectivity index (χ0) is 25.7. The quantitative estimate of drug-likeness (QED) is 0.436. The van der Waals surface area contributed by atoms with Crippen LogP contribution in [0.5, 0.6) is 0 Å². The normalized spacial score (nSPS) is 17.9. The van der Waals surface area contributed by atoms with Crippen molar-refractivity contribution in [3.05, 3.63) is 94.7 Å². The van der Waals surface area contributed by atoms with E-state index in [0.717, 1.165) is 42.9 Å². The van der Waals surface area contributed by atoms with Crippen molar-refractivity contribution in [2.45, 2.75) is 39.3 Å². The number of nitrogens with zero attached hydrogens (tertiary/aromatic N) is 4. The topological polar surface area (TPSA) is 76.1 Å². The van der Waals surface area contributed by atoms with Gasteiger partial charge >= 0.3 is 0 Å². The van der Waals surface area contributed by atoms with Crippen molar-refractivity contribution in [3.8, 4) is 0 Å². The van der Waals surface area contributed by atoms with Crippen molar-refractivity contribution >= 4 is 17.1 Å². The first-order valence-electron chi connectivity index (χ1n) is 13.0. The fraction of sp³-hybridized carbons (Fsp3) is 0.367. The van der Waals surface area contributed by atoms with Crippen LogP contribution in [-0.4, -0.2) is 51.2 Å². The second kappa shape index (κ2) is 8.99. The van der Waals surface area contributed by atoms with Gasteiger partial charge in [0.25, 0.3) is 0 Å². The fourth-order valence-corrected chi connectivity index (χ4v) is 5.71. The van der Waals surface area contributed by atoms with Crippen LogP contribution >= 0.6 is 0 Å². The zero-order valence-electron chi connectivity index (χ0n) is 21.6. The van der Waals surface area contributed by atoms with E-state index in [9.17, 15) is 10.2 Å². The van der Waals surface area contributed by atoms with Gasteiger partial charge in [0.2, 0.25) is 11.5 Å². The predicted molar refractivity (Wildman–Crippen MR) is 142 cm³/mol. The molecule has 2 atom stereocenters. The number of ether oxygens (including phenoxy) is 1. The number of carbonyl (C=O) groups is 1. The number of aromatic nitrogens is 3. The van der Waals surface area contributed by atoms with Crippen LogP contribution in [0, 0.1) is 24.7 Å². The van der Waals surface area contributed by atoms with Crippen LogP contribution in [0.15, 0.2) is 66.9 Å². The first kappa shape index (κ1) is 23.7. The summed E-state index contributed by atoms with van der Waals surface area (Å²) >= 11 is 0. The van der Waals surface area contributed by atoms with Gasteiger partial charge in [-0.2, -0.15) is 0 Å². The van der Waals surface area contributed by atoms with E-state index in [4.69, 9.17) is 9.72 Å². The summed E-state index contributed by atoms with van der Waals surface area (Å²) in [5, 5.41) is 9.36. The summed E-state index contributed by atoms with van der Waals surface area (Å²) in [6.45, 7) is 9.13. The van der Waals surface area contributed by atoms with Crippen LogP contribution in [0.4, 0.5) is 0 Å². The lowest BCUT2D eigenvalue weighted by molar-refractivity contribution is -0.197. The van der Waals surface area contributed by atoms with E-state index < -0.39 is 6.04 Å². The maximum absolute atomic E-state index is 14.1. The average molecular weight is 496 g/mol. The molecule has 0 aliphatic carbocycles. The SMILES string of the molecule is Cc1ccc(C[C@@H](C(=O)N2CC3(COC3)C2)n2c(=N)n(C(C)c3ccc(C)cc3)c3cccnc32)cc1. The molecule has 7 heteroatoms. The summed E-state index contributed by atoms with van der Waals surface area (Å²) < 4.78 is 9.28. The molecule has 2 saturated heterocycles. The molecule has 190 valence electrons. The number of nitrogens with one attached hydrogen (secondary N) is 1. The Kier molecular flexibility index (Phi) is 5.75. The highest BCUT2D eigenvalue weighted by Gasteiger charge is 2.51. The molecule has 4 heterocycles. The monoisotopic (exact) mass is 495 g/mol. The number of carbonyl (C=O) groups excluding carboxylic acids is 1. The molecule has 0 radical (unpaired) electrons. The zero-order valence-corrected chi connectivity index (χ0v) is 21.6. The number of likely N-dealkylation sites (tertiary alicyclic amines) is 1. The molecule has 37 heavy (non-hydrogen) atoms. The van der Waals surface area contributed by atoms with E-state index in [-0.39, 0.29) is 23.0 Å². The third kappa shape index (κ3) is 4.07. The maximum Gasteiger partial charge on any atom is 0.246 e. The number of imidazole rings is 1. The predicted octanol–water partition coefficient (Wildman–Crippen LogP) is 4.19. The number of fused-ring (bicyclic) bond motifs is 1. The molecule has 2 aromatic heterocycles. The third-order valence-corrected chi connectivity index (χ3v) is 7.98. The molecule has 2 aliphatic rings. The van der Waals surface area contributed by atoms with Crippen LogP contribution < -0.4 is 5.62 Å². The molecule has 2 aliphatic heterocycles. The first-order chi connectivity index (χ1) is 17.8. The summed E-state index contributed by atoms with van der Waals surface area (Å²) in [5.41, 5.74) is 6.50. The fourth-order valence-electron chi connectivity index (χ4n) is 5.71. The Morgan fingerprint density at radius 2 is 1.65 bits per heavy atom. The van der Waals surface area contributed by atoms with Crippen LogP contribution in [0.2, 0.25) is 0 Å². The van der Waals surface area contributed by atoms with E-state index in [1.807, 2.05) is 26.2 Å². The van der Waals surface area contributed by atoms with E-state index >= 15 is 0 Å². The molecule has 0 bridgehead atoms. The summed E-state index contributed by atoms with van der Waals surface area (Å²) in [6, 6.07) is 20.0. The van der Waals surface area contributed by atoms with Gasteiger partial charge in [-0.3, -0.25) is 14.8 Å². The second-order valence-electron chi connectivity index (χ2n) is 10.9. The Labute approximate surface area is 216 Å². The molecule has 2 fully saturated rings. The van der Waals surface area contributed by atoms with Gasteiger partial charge in [-0.1, -0.05) is 59.7 Å². The van der Waals surface area contributed by atoms with Gasteiger partial charge in [-0.25, -0.2) is 4.98 Å². The standard InChI is InChI=1S/C30H33N5O2/c1-20-6-10-23(11-7-20)15-26(28(36)33-16-30(17-33)18-37-19-30)35-27-25(5-4-14-32-27)34(29(35)31)22(3)24-12-8-21(2)9-13-24/h4-14,22,26,31H,15-19H2,1-3H3/t22?,26-/m0/s1. The first-order valence-corrected chi connectivity index (χ1v) is 13.0. The Morgan fingerprint density at radius 1 is 1.00 bits per heavy atom. The summed E-state index contributed by atoms with van der Waals surface area (Å²) in [7, 11) is 0. The molecule has 7 nitrogen and oxygen atoms in total. The Morgan fingerprint density at radius 3 is 2.27 bits per heavy atom.